The number of piperidine rings is 1. The highest BCUT2D eigenvalue weighted by Gasteiger charge is 2.34. The summed E-state index contributed by atoms with van der Waals surface area (Å²) in [5.41, 5.74) is 3.02. The second kappa shape index (κ2) is 12.0. The van der Waals surface area contributed by atoms with Crippen LogP contribution in [-0.2, 0) is 9.53 Å². The van der Waals surface area contributed by atoms with Crippen molar-refractivity contribution in [3.8, 4) is 11.3 Å². The number of aryl methyl sites for hydroxylation is 2. The summed E-state index contributed by atoms with van der Waals surface area (Å²) in [6, 6.07) is 10.4. The average molecular weight is 598 g/mol. The molecule has 226 valence electrons. The average Bonchev–Trinajstić information content (AvgIpc) is 3.40. The van der Waals surface area contributed by atoms with Crippen LogP contribution in [0.4, 0.5) is 29.1 Å². The Kier molecular flexibility index (Phi) is 8.38. The molecule has 5 rings (SSSR count). The predicted molar refractivity (Wildman–Crippen MR) is 152 cm³/mol. The lowest BCUT2D eigenvalue weighted by Crippen LogP contribution is -2.45. The zero-order valence-corrected chi connectivity index (χ0v) is 24.2. The van der Waals surface area contributed by atoms with Crippen molar-refractivity contribution >= 4 is 29.0 Å². The molecule has 1 saturated heterocycles. The van der Waals surface area contributed by atoms with Gasteiger partial charge in [-0.1, -0.05) is 18.2 Å². The number of rotatable bonds is 7. The molecule has 1 aliphatic heterocycles. The van der Waals surface area contributed by atoms with Gasteiger partial charge in [0.2, 0.25) is 0 Å². The van der Waals surface area contributed by atoms with Crippen LogP contribution in [0.5, 0.6) is 0 Å². The van der Waals surface area contributed by atoms with E-state index in [0.717, 1.165) is 28.9 Å². The molecule has 0 spiro atoms. The third kappa shape index (κ3) is 5.91. The van der Waals surface area contributed by atoms with Crippen LogP contribution >= 0.6 is 0 Å². The fourth-order valence-corrected chi connectivity index (χ4v) is 5.57. The van der Waals surface area contributed by atoms with Crippen LogP contribution in [0.3, 0.4) is 0 Å². The molecule has 0 bridgehead atoms. The van der Waals surface area contributed by atoms with Crippen LogP contribution in [0.2, 0.25) is 0 Å². The van der Waals surface area contributed by atoms with Gasteiger partial charge in [-0.3, -0.25) is 9.59 Å². The van der Waals surface area contributed by atoms with Gasteiger partial charge in [-0.25, -0.2) is 22.5 Å². The Bertz CT molecular complexity index is 1670. The van der Waals surface area contributed by atoms with E-state index in [1.807, 2.05) is 36.9 Å². The lowest BCUT2D eigenvalue weighted by atomic mass is 9.91. The van der Waals surface area contributed by atoms with Crippen molar-refractivity contribution in [1.82, 2.24) is 19.5 Å². The van der Waals surface area contributed by atoms with Gasteiger partial charge in [0.1, 0.15) is 12.0 Å². The first-order valence-electron chi connectivity index (χ1n) is 13.9. The number of fused-ring (bicyclic) bond motifs is 1. The van der Waals surface area contributed by atoms with E-state index >= 15 is 4.39 Å². The number of ether oxygens (including phenoxy) is 1. The molecular formula is C31H31F4N5O3. The summed E-state index contributed by atoms with van der Waals surface area (Å²) in [4.78, 5) is 33.0. The fourth-order valence-electron chi connectivity index (χ4n) is 5.57. The van der Waals surface area contributed by atoms with Crippen molar-refractivity contribution in [2.45, 2.75) is 39.8 Å². The zero-order chi connectivity index (χ0) is 31.0. The van der Waals surface area contributed by atoms with Gasteiger partial charge in [0.15, 0.2) is 28.8 Å². The highest BCUT2D eigenvalue weighted by atomic mass is 19.2. The molecule has 43 heavy (non-hydrogen) atoms. The second-order valence-electron chi connectivity index (χ2n) is 10.7. The summed E-state index contributed by atoms with van der Waals surface area (Å²) in [6.45, 7) is 5.76. The van der Waals surface area contributed by atoms with Crippen molar-refractivity contribution in [2.75, 3.05) is 31.6 Å². The number of carbonyl (C=O) groups is 2. The number of nitrogens with zero attached hydrogens (tertiary/aromatic N) is 5. The number of para-hydroxylation sites is 1. The van der Waals surface area contributed by atoms with Crippen LogP contribution in [0.1, 0.15) is 41.4 Å². The molecule has 2 atom stereocenters. The first-order chi connectivity index (χ1) is 20.5. The normalized spacial score (nSPS) is 16.9. The number of anilines is 2. The molecule has 1 amide bonds. The van der Waals surface area contributed by atoms with E-state index in [0.29, 0.717) is 5.82 Å². The number of hydrogen-bond donors (Lipinski definition) is 0. The molecule has 1 fully saturated rings. The van der Waals surface area contributed by atoms with Crippen LogP contribution < -0.4 is 4.90 Å². The number of aromatic nitrogens is 3. The molecule has 2 aromatic heterocycles. The van der Waals surface area contributed by atoms with Gasteiger partial charge in [-0.15, -0.1) is 0 Å². The fraction of sp³-hybridized carbons (Fsp3) is 0.355. The summed E-state index contributed by atoms with van der Waals surface area (Å²) in [7, 11) is 1.78. The topological polar surface area (TPSA) is 80.0 Å². The Labute approximate surface area is 245 Å². The molecular weight excluding hydrogens is 566 g/mol. The van der Waals surface area contributed by atoms with E-state index < -0.39 is 41.4 Å². The Balaban J connectivity index is 1.54. The van der Waals surface area contributed by atoms with E-state index in [2.05, 4.69) is 10.1 Å². The lowest BCUT2D eigenvalue weighted by Gasteiger charge is -2.33. The SMILES string of the molecule is CCOC(=O)CC1CCN(C(=O)c2cc3nc(-c4cc(F)c(F)c(F)c4)cc(N(C)c4c(C)cccc4C)n3n2)CC1F. The minimum absolute atomic E-state index is 0.00619. The smallest absolute Gasteiger partial charge is 0.306 e. The maximum absolute atomic E-state index is 15.0. The molecule has 2 unspecified atom stereocenters. The molecule has 1 aliphatic rings. The van der Waals surface area contributed by atoms with E-state index in [9.17, 15) is 22.8 Å². The molecule has 0 saturated carbocycles. The van der Waals surface area contributed by atoms with Crippen molar-refractivity contribution in [2.24, 2.45) is 5.92 Å². The number of esters is 1. The van der Waals surface area contributed by atoms with Crippen molar-refractivity contribution < 1.29 is 31.9 Å². The number of halogens is 4. The van der Waals surface area contributed by atoms with Gasteiger partial charge in [-0.2, -0.15) is 9.61 Å². The number of carbonyl (C=O) groups excluding carboxylic acids is 2. The lowest BCUT2D eigenvalue weighted by molar-refractivity contribution is -0.145. The third-order valence-electron chi connectivity index (χ3n) is 7.72. The Morgan fingerprint density at radius 3 is 2.37 bits per heavy atom. The molecule has 2 aromatic carbocycles. The third-order valence-corrected chi connectivity index (χ3v) is 7.72. The number of amides is 1. The standard InChI is InChI=1S/C31H31F4N5O3/c1-5-43-28(41)13-19-9-10-39(16-23(19)34)31(42)25-14-26-36-24(20-11-21(32)29(35)22(33)12-20)15-27(40(26)37-25)38(4)30-17(2)7-6-8-18(30)3/h6-8,11-12,14-15,19,23H,5,9-10,13,16H2,1-4H3. The first-order valence-corrected chi connectivity index (χ1v) is 13.9. The second-order valence-corrected chi connectivity index (χ2v) is 10.7. The van der Waals surface area contributed by atoms with Gasteiger partial charge in [0.25, 0.3) is 5.91 Å². The van der Waals surface area contributed by atoms with Gasteiger partial charge in [0, 0.05) is 42.9 Å². The largest absolute Gasteiger partial charge is 0.466 e. The van der Waals surface area contributed by atoms with Gasteiger partial charge < -0.3 is 14.5 Å². The number of alkyl halides is 1. The van der Waals surface area contributed by atoms with E-state index in [1.165, 1.54) is 15.5 Å². The Morgan fingerprint density at radius 1 is 1.07 bits per heavy atom. The number of hydrogen-bond acceptors (Lipinski definition) is 6. The summed E-state index contributed by atoms with van der Waals surface area (Å²) in [5.74, 6) is -5.45. The predicted octanol–water partition coefficient (Wildman–Crippen LogP) is 5.95. The van der Waals surface area contributed by atoms with Crippen LogP contribution in [0, 0.1) is 37.2 Å². The minimum atomic E-state index is -1.59. The van der Waals surface area contributed by atoms with Crippen molar-refractivity contribution in [1.29, 1.82) is 0 Å². The Hall–Kier alpha value is -4.48. The Morgan fingerprint density at radius 2 is 1.74 bits per heavy atom. The first kappa shape index (κ1) is 30.0. The highest BCUT2D eigenvalue weighted by molar-refractivity contribution is 5.94. The maximum atomic E-state index is 15.0. The molecule has 4 aromatic rings. The monoisotopic (exact) mass is 597 g/mol. The maximum Gasteiger partial charge on any atom is 0.306 e. The minimum Gasteiger partial charge on any atom is -0.466 e. The molecule has 0 radical (unpaired) electrons. The van der Waals surface area contributed by atoms with Crippen LogP contribution in [0.25, 0.3) is 16.9 Å². The molecule has 0 aliphatic carbocycles. The van der Waals surface area contributed by atoms with Crippen LogP contribution in [0.15, 0.2) is 42.5 Å². The van der Waals surface area contributed by atoms with Gasteiger partial charge >= 0.3 is 5.97 Å². The number of benzene rings is 2. The summed E-state index contributed by atoms with van der Waals surface area (Å²) < 4.78 is 63.5. The van der Waals surface area contributed by atoms with E-state index in [-0.39, 0.29) is 55.1 Å². The highest BCUT2D eigenvalue weighted by Crippen LogP contribution is 2.34. The summed E-state index contributed by atoms with van der Waals surface area (Å²) in [5, 5.41) is 4.51. The van der Waals surface area contributed by atoms with E-state index in [4.69, 9.17) is 4.74 Å². The summed E-state index contributed by atoms with van der Waals surface area (Å²) >= 11 is 0. The quantitative estimate of drug-likeness (QED) is 0.149. The number of likely N-dealkylation sites (tertiary alicyclic amines) is 1. The molecule has 8 nitrogen and oxygen atoms in total. The van der Waals surface area contributed by atoms with Crippen LogP contribution in [-0.4, -0.2) is 64.3 Å². The molecule has 0 N–H and O–H groups in total. The summed E-state index contributed by atoms with van der Waals surface area (Å²) in [6.07, 6.45) is -1.20. The van der Waals surface area contributed by atoms with Crippen molar-refractivity contribution in [3.05, 3.63) is 76.7 Å². The van der Waals surface area contributed by atoms with Gasteiger partial charge in [0.05, 0.1) is 25.3 Å². The zero-order valence-electron chi connectivity index (χ0n) is 24.2. The molecule has 12 heteroatoms. The van der Waals surface area contributed by atoms with Gasteiger partial charge in [-0.05, 0) is 50.5 Å². The van der Waals surface area contributed by atoms with Crippen molar-refractivity contribution in [3.63, 3.8) is 0 Å². The van der Waals surface area contributed by atoms with E-state index in [1.54, 1.807) is 20.0 Å². The molecule has 3 heterocycles.